The maximum atomic E-state index is 11.7. The van der Waals surface area contributed by atoms with Crippen LogP contribution in [-0.4, -0.2) is 32.0 Å². The lowest BCUT2D eigenvalue weighted by atomic mass is 10.1. The van der Waals surface area contributed by atoms with Crippen LogP contribution in [0.3, 0.4) is 0 Å². The maximum absolute atomic E-state index is 11.7. The largest absolute Gasteiger partial charge is 0.366 e. The van der Waals surface area contributed by atoms with Gasteiger partial charge in [0, 0.05) is 31.7 Å². The number of hydrogen-bond acceptors (Lipinski definition) is 3. The number of rotatable bonds is 2. The first-order valence-corrected chi connectivity index (χ1v) is 5.46. The Hall–Kier alpha value is -1.55. The van der Waals surface area contributed by atoms with Gasteiger partial charge in [-0.25, -0.2) is 0 Å². The molecule has 0 bridgehead atoms. The predicted molar refractivity (Wildman–Crippen MR) is 61.7 cm³/mol. The summed E-state index contributed by atoms with van der Waals surface area (Å²) >= 11 is 0. The third-order valence-corrected chi connectivity index (χ3v) is 2.82. The van der Waals surface area contributed by atoms with Gasteiger partial charge in [0.25, 0.3) is 0 Å². The molecule has 16 heavy (non-hydrogen) atoms. The van der Waals surface area contributed by atoms with Crippen molar-refractivity contribution in [2.75, 3.05) is 31.1 Å². The molecule has 0 aliphatic carbocycles. The highest BCUT2D eigenvalue weighted by Crippen LogP contribution is 2.29. The Morgan fingerprint density at radius 3 is 2.62 bits per heavy atom. The Morgan fingerprint density at radius 2 is 2.00 bits per heavy atom. The fraction of sp³-hybridized carbons (Fsp3) is 0.417. The molecule has 85 valence electrons. The molecule has 1 saturated heterocycles. The van der Waals surface area contributed by atoms with Crippen LogP contribution < -0.4 is 10.2 Å². The molecule has 0 spiro atoms. The minimum Gasteiger partial charge on any atom is -0.366 e. The number of benzene rings is 1. The van der Waals surface area contributed by atoms with Crippen molar-refractivity contribution < 1.29 is 9.90 Å². The van der Waals surface area contributed by atoms with E-state index in [2.05, 4.69) is 5.32 Å². The lowest BCUT2D eigenvalue weighted by Crippen LogP contribution is -2.43. The third kappa shape index (κ3) is 2.17. The lowest BCUT2D eigenvalue weighted by Gasteiger charge is -2.29. The Kier molecular flexibility index (Phi) is 3.10. The highest BCUT2D eigenvalue weighted by atomic mass is 16.3. The zero-order valence-corrected chi connectivity index (χ0v) is 9.32. The van der Waals surface area contributed by atoms with Gasteiger partial charge < -0.3 is 10.2 Å². The van der Waals surface area contributed by atoms with Crippen LogP contribution in [-0.2, 0) is 5.11 Å². The normalized spacial score (nSPS) is 16.2. The molecule has 1 radical (unpaired) electrons. The molecule has 0 aromatic heterocycles. The molecule has 2 rings (SSSR count). The molecule has 4 heteroatoms. The van der Waals surface area contributed by atoms with Gasteiger partial charge in [0.05, 0.1) is 5.69 Å². The van der Waals surface area contributed by atoms with Crippen molar-refractivity contribution in [1.29, 1.82) is 0 Å². The van der Waals surface area contributed by atoms with Gasteiger partial charge in [-0.3, -0.25) is 9.90 Å². The molecule has 1 N–H and O–H groups in total. The molecule has 1 fully saturated rings. The second kappa shape index (κ2) is 4.53. The molecule has 1 aliphatic heterocycles. The van der Waals surface area contributed by atoms with Crippen molar-refractivity contribution in [1.82, 2.24) is 5.32 Å². The van der Waals surface area contributed by atoms with Crippen LogP contribution in [0, 0.1) is 0 Å². The first-order chi connectivity index (χ1) is 7.68. The summed E-state index contributed by atoms with van der Waals surface area (Å²) in [7, 11) is 0. The zero-order valence-electron chi connectivity index (χ0n) is 9.32. The van der Waals surface area contributed by atoms with Crippen molar-refractivity contribution in [3.05, 3.63) is 23.8 Å². The number of ketones is 1. The molecule has 1 aliphatic rings. The van der Waals surface area contributed by atoms with Crippen LogP contribution in [0.1, 0.15) is 17.3 Å². The summed E-state index contributed by atoms with van der Waals surface area (Å²) in [6.45, 7) is 4.90. The molecular weight excluding hydrogens is 204 g/mol. The van der Waals surface area contributed by atoms with Crippen molar-refractivity contribution in [2.24, 2.45) is 0 Å². The van der Waals surface area contributed by atoms with Crippen LogP contribution in [0.15, 0.2) is 18.2 Å². The quantitative estimate of drug-likeness (QED) is 0.766. The maximum Gasteiger partial charge on any atom is 0.201 e. The van der Waals surface area contributed by atoms with Gasteiger partial charge in [-0.1, -0.05) is 0 Å². The molecule has 0 amide bonds. The Morgan fingerprint density at radius 1 is 1.31 bits per heavy atom. The van der Waals surface area contributed by atoms with E-state index in [9.17, 15) is 9.90 Å². The van der Waals surface area contributed by atoms with Gasteiger partial charge in [0.15, 0.2) is 5.78 Å². The monoisotopic (exact) mass is 219 g/mol. The number of anilines is 1. The minimum atomic E-state index is -0.00750. The van der Waals surface area contributed by atoms with E-state index in [0.29, 0.717) is 11.3 Å². The SMILES string of the molecule is CC(=O)c1ccc([O])c(N2CCNCC2)c1. The summed E-state index contributed by atoms with van der Waals surface area (Å²) in [6.07, 6.45) is 0. The Bertz CT molecular complexity index is 398. The number of hydrogen-bond donors (Lipinski definition) is 1. The van der Waals surface area contributed by atoms with Gasteiger partial charge in [-0.15, -0.1) is 0 Å². The molecule has 0 saturated carbocycles. The minimum absolute atomic E-state index is 0.00335. The van der Waals surface area contributed by atoms with E-state index in [0.717, 1.165) is 26.2 Å². The first kappa shape index (κ1) is 11.0. The van der Waals surface area contributed by atoms with Crippen molar-refractivity contribution in [2.45, 2.75) is 6.92 Å². The summed E-state index contributed by atoms with van der Waals surface area (Å²) in [5.41, 5.74) is 1.25. The summed E-state index contributed by atoms with van der Waals surface area (Å²) in [5, 5.41) is 15.0. The van der Waals surface area contributed by atoms with Gasteiger partial charge in [-0.05, 0) is 25.1 Å². The summed E-state index contributed by atoms with van der Waals surface area (Å²) in [4.78, 5) is 13.3. The molecule has 0 unspecified atom stereocenters. The van der Waals surface area contributed by atoms with Gasteiger partial charge in [0.2, 0.25) is 5.75 Å². The Labute approximate surface area is 94.9 Å². The van der Waals surface area contributed by atoms with Crippen molar-refractivity contribution in [3.63, 3.8) is 0 Å². The van der Waals surface area contributed by atoms with E-state index in [1.54, 1.807) is 12.1 Å². The lowest BCUT2D eigenvalue weighted by molar-refractivity contribution is 0.101. The molecular formula is C12H15N2O2. The topological polar surface area (TPSA) is 52.2 Å². The van der Waals surface area contributed by atoms with Crippen LogP contribution >= 0.6 is 0 Å². The first-order valence-electron chi connectivity index (χ1n) is 5.46. The Balaban J connectivity index is 2.30. The summed E-state index contributed by atoms with van der Waals surface area (Å²) < 4.78 is 0. The second-order valence-corrected chi connectivity index (χ2v) is 3.98. The standard InChI is InChI=1S/C12H15N2O2/c1-9(15)10-2-3-12(16)11(8-10)14-6-4-13-5-7-14/h2-3,8,13H,4-7H2,1H3. The van der Waals surface area contributed by atoms with E-state index in [1.165, 1.54) is 13.0 Å². The van der Waals surface area contributed by atoms with Crippen LogP contribution in [0.25, 0.3) is 0 Å². The van der Waals surface area contributed by atoms with Gasteiger partial charge in [-0.2, -0.15) is 0 Å². The van der Waals surface area contributed by atoms with E-state index in [1.807, 2.05) is 4.90 Å². The third-order valence-electron chi connectivity index (χ3n) is 2.82. The average Bonchev–Trinajstić information content (AvgIpc) is 2.30. The van der Waals surface area contributed by atoms with E-state index in [-0.39, 0.29) is 11.5 Å². The van der Waals surface area contributed by atoms with Crippen LogP contribution in [0.2, 0.25) is 0 Å². The highest BCUT2D eigenvalue weighted by Gasteiger charge is 2.16. The smallest absolute Gasteiger partial charge is 0.201 e. The van der Waals surface area contributed by atoms with Crippen molar-refractivity contribution in [3.8, 4) is 5.75 Å². The average molecular weight is 219 g/mol. The molecule has 1 aromatic carbocycles. The molecule has 4 nitrogen and oxygen atoms in total. The van der Waals surface area contributed by atoms with E-state index < -0.39 is 0 Å². The fourth-order valence-electron chi connectivity index (χ4n) is 1.89. The summed E-state index contributed by atoms with van der Waals surface area (Å²) in [6, 6.07) is 4.78. The second-order valence-electron chi connectivity index (χ2n) is 3.98. The number of Topliss-reactive ketones (excluding diaryl/α,β-unsaturated/α-hetero) is 1. The van der Waals surface area contributed by atoms with E-state index in [4.69, 9.17) is 0 Å². The molecule has 1 aromatic rings. The number of nitrogens with zero attached hydrogens (tertiary/aromatic N) is 1. The fourth-order valence-corrected chi connectivity index (χ4v) is 1.89. The summed E-state index contributed by atoms with van der Waals surface area (Å²) in [5.74, 6) is -0.0108. The number of piperazine rings is 1. The predicted octanol–water partition coefficient (Wildman–Crippen LogP) is 1.44. The highest BCUT2D eigenvalue weighted by molar-refractivity contribution is 5.95. The zero-order chi connectivity index (χ0) is 11.5. The molecule has 1 heterocycles. The number of carbonyl (C=O) groups excluding carboxylic acids is 1. The van der Waals surface area contributed by atoms with Crippen LogP contribution in [0.4, 0.5) is 5.69 Å². The van der Waals surface area contributed by atoms with Gasteiger partial charge in [0.1, 0.15) is 0 Å². The molecule has 0 atom stereocenters. The number of nitrogens with one attached hydrogen (secondary N) is 1. The van der Waals surface area contributed by atoms with Crippen LogP contribution in [0.5, 0.6) is 5.75 Å². The van der Waals surface area contributed by atoms with Crippen molar-refractivity contribution >= 4 is 11.5 Å². The van der Waals surface area contributed by atoms with Gasteiger partial charge >= 0.3 is 0 Å². The van der Waals surface area contributed by atoms with E-state index >= 15 is 0 Å². The number of carbonyl (C=O) groups is 1.